The highest BCUT2D eigenvalue weighted by Gasteiger charge is 2.10. The van der Waals surface area contributed by atoms with Gasteiger partial charge in [0.15, 0.2) is 5.16 Å². The zero-order valence-corrected chi connectivity index (χ0v) is 11.8. The molecule has 1 aromatic carbocycles. The minimum atomic E-state index is 0.205. The van der Waals surface area contributed by atoms with Crippen LogP contribution in [0, 0.1) is 0 Å². The largest absolute Gasteiger partial charge is 0.496 e. The van der Waals surface area contributed by atoms with E-state index >= 15 is 0 Å². The molecule has 0 fully saturated rings. The van der Waals surface area contributed by atoms with Gasteiger partial charge in [0.2, 0.25) is 11.9 Å². The number of para-hydroxylation sites is 1. The van der Waals surface area contributed by atoms with Gasteiger partial charge in [-0.3, -0.25) is 0 Å². The molecule has 2 aromatic rings. The monoisotopic (exact) mass is 277 g/mol. The summed E-state index contributed by atoms with van der Waals surface area (Å²) in [4.78, 5) is 15.2. The van der Waals surface area contributed by atoms with Crippen LogP contribution in [-0.2, 0) is 0 Å². The molecule has 0 aliphatic rings. The summed E-state index contributed by atoms with van der Waals surface area (Å²) in [5, 5.41) is 0.542. The standard InChI is InChI=1S/C12H15N5OS/c1-17(2)11-14-10(13)15-12(16-11)19-9-7-5-4-6-8(9)18-3/h4-7H,1-3H3,(H2,13,14,15,16). The van der Waals surface area contributed by atoms with Crippen molar-refractivity contribution in [2.24, 2.45) is 0 Å². The van der Waals surface area contributed by atoms with E-state index in [0.717, 1.165) is 10.6 Å². The van der Waals surface area contributed by atoms with E-state index in [2.05, 4.69) is 15.0 Å². The second-order valence-electron chi connectivity index (χ2n) is 3.92. The van der Waals surface area contributed by atoms with Crippen LogP contribution in [0.15, 0.2) is 34.3 Å². The van der Waals surface area contributed by atoms with Crippen molar-refractivity contribution in [3.8, 4) is 5.75 Å². The number of benzene rings is 1. The zero-order valence-electron chi connectivity index (χ0n) is 11.0. The molecule has 100 valence electrons. The van der Waals surface area contributed by atoms with Crippen molar-refractivity contribution in [1.82, 2.24) is 15.0 Å². The molecule has 2 rings (SSSR count). The van der Waals surface area contributed by atoms with Gasteiger partial charge in [0, 0.05) is 14.1 Å². The Labute approximate surface area is 116 Å². The van der Waals surface area contributed by atoms with Crippen LogP contribution in [0.3, 0.4) is 0 Å². The summed E-state index contributed by atoms with van der Waals surface area (Å²) in [6.07, 6.45) is 0. The van der Waals surface area contributed by atoms with Crippen molar-refractivity contribution < 1.29 is 4.74 Å². The summed E-state index contributed by atoms with van der Waals surface area (Å²) in [7, 11) is 5.34. The summed E-state index contributed by atoms with van der Waals surface area (Å²) < 4.78 is 5.29. The molecular weight excluding hydrogens is 262 g/mol. The molecule has 0 spiro atoms. The first-order valence-corrected chi connectivity index (χ1v) is 6.41. The van der Waals surface area contributed by atoms with Crippen molar-refractivity contribution >= 4 is 23.7 Å². The summed E-state index contributed by atoms with van der Waals surface area (Å²) in [6.45, 7) is 0. The summed E-state index contributed by atoms with van der Waals surface area (Å²) in [6, 6.07) is 7.68. The van der Waals surface area contributed by atoms with E-state index in [9.17, 15) is 0 Å². The fraction of sp³-hybridized carbons (Fsp3) is 0.250. The highest BCUT2D eigenvalue weighted by atomic mass is 32.2. The Morgan fingerprint density at radius 3 is 2.58 bits per heavy atom. The quantitative estimate of drug-likeness (QED) is 0.911. The maximum atomic E-state index is 5.69. The average molecular weight is 277 g/mol. The third-order valence-corrected chi connectivity index (χ3v) is 3.21. The fourth-order valence-corrected chi connectivity index (χ4v) is 2.27. The Hall–Kier alpha value is -2.02. The molecule has 1 heterocycles. The van der Waals surface area contributed by atoms with Gasteiger partial charge in [-0.25, -0.2) is 0 Å². The molecule has 0 atom stereocenters. The predicted molar refractivity (Wildman–Crippen MR) is 75.7 cm³/mol. The number of anilines is 2. The molecule has 2 N–H and O–H groups in total. The Balaban J connectivity index is 2.32. The number of rotatable bonds is 4. The molecule has 0 aliphatic heterocycles. The second kappa shape index (κ2) is 5.75. The molecule has 6 nitrogen and oxygen atoms in total. The lowest BCUT2D eigenvalue weighted by molar-refractivity contribution is 0.405. The van der Waals surface area contributed by atoms with E-state index in [4.69, 9.17) is 10.5 Å². The van der Waals surface area contributed by atoms with E-state index in [0.29, 0.717) is 11.1 Å². The number of hydrogen-bond donors (Lipinski definition) is 1. The van der Waals surface area contributed by atoms with E-state index in [1.807, 2.05) is 38.4 Å². The Kier molecular flexibility index (Phi) is 4.06. The molecular formula is C12H15N5OS. The van der Waals surface area contributed by atoms with Crippen LogP contribution >= 0.6 is 11.8 Å². The maximum absolute atomic E-state index is 5.69. The third-order valence-electron chi connectivity index (χ3n) is 2.29. The van der Waals surface area contributed by atoms with Crippen LogP contribution in [-0.4, -0.2) is 36.2 Å². The van der Waals surface area contributed by atoms with Crippen LogP contribution in [0.25, 0.3) is 0 Å². The first-order valence-electron chi connectivity index (χ1n) is 5.60. The highest BCUT2D eigenvalue weighted by Crippen LogP contribution is 2.33. The Morgan fingerprint density at radius 2 is 1.89 bits per heavy atom. The molecule has 1 aromatic heterocycles. The number of hydrogen-bond acceptors (Lipinski definition) is 7. The summed E-state index contributed by atoms with van der Waals surface area (Å²) in [5.41, 5.74) is 5.69. The smallest absolute Gasteiger partial charge is 0.230 e. The molecule has 0 bridgehead atoms. The molecule has 0 saturated heterocycles. The average Bonchev–Trinajstić information content (AvgIpc) is 2.38. The van der Waals surface area contributed by atoms with E-state index in [1.165, 1.54) is 11.8 Å². The van der Waals surface area contributed by atoms with Crippen molar-refractivity contribution in [2.75, 3.05) is 31.8 Å². The predicted octanol–water partition coefficient (Wildman–Crippen LogP) is 1.68. The van der Waals surface area contributed by atoms with Crippen LogP contribution in [0.4, 0.5) is 11.9 Å². The number of nitrogens with two attached hydrogens (primary N) is 1. The molecule has 0 radical (unpaired) electrons. The minimum Gasteiger partial charge on any atom is -0.496 e. The Morgan fingerprint density at radius 1 is 1.16 bits per heavy atom. The van der Waals surface area contributed by atoms with Gasteiger partial charge in [0.05, 0.1) is 12.0 Å². The highest BCUT2D eigenvalue weighted by molar-refractivity contribution is 7.99. The summed E-state index contributed by atoms with van der Waals surface area (Å²) >= 11 is 1.39. The van der Waals surface area contributed by atoms with Crippen LogP contribution in [0.2, 0.25) is 0 Å². The van der Waals surface area contributed by atoms with Gasteiger partial charge in [-0.15, -0.1) is 0 Å². The van der Waals surface area contributed by atoms with Crippen molar-refractivity contribution in [2.45, 2.75) is 10.1 Å². The third kappa shape index (κ3) is 3.25. The second-order valence-corrected chi connectivity index (χ2v) is 4.93. The topological polar surface area (TPSA) is 77.2 Å². The fourth-order valence-electron chi connectivity index (χ4n) is 1.41. The van der Waals surface area contributed by atoms with Gasteiger partial charge in [-0.1, -0.05) is 12.1 Å². The maximum Gasteiger partial charge on any atom is 0.230 e. The minimum absolute atomic E-state index is 0.205. The van der Waals surface area contributed by atoms with Crippen molar-refractivity contribution in [1.29, 1.82) is 0 Å². The van der Waals surface area contributed by atoms with Gasteiger partial charge < -0.3 is 15.4 Å². The van der Waals surface area contributed by atoms with Crippen molar-refractivity contribution in [3.05, 3.63) is 24.3 Å². The molecule has 7 heteroatoms. The van der Waals surface area contributed by atoms with Gasteiger partial charge in [-0.2, -0.15) is 15.0 Å². The van der Waals surface area contributed by atoms with Gasteiger partial charge >= 0.3 is 0 Å². The molecule has 19 heavy (non-hydrogen) atoms. The van der Waals surface area contributed by atoms with Crippen LogP contribution < -0.4 is 15.4 Å². The zero-order chi connectivity index (χ0) is 13.8. The number of aromatic nitrogens is 3. The van der Waals surface area contributed by atoms with Crippen molar-refractivity contribution in [3.63, 3.8) is 0 Å². The Bertz CT molecular complexity index is 576. The molecule has 0 aliphatic carbocycles. The lowest BCUT2D eigenvalue weighted by Crippen LogP contribution is -2.15. The van der Waals surface area contributed by atoms with Crippen LogP contribution in [0.1, 0.15) is 0 Å². The lowest BCUT2D eigenvalue weighted by Gasteiger charge is -2.11. The molecule has 0 saturated carbocycles. The number of methoxy groups -OCH3 is 1. The normalized spacial score (nSPS) is 10.3. The first-order chi connectivity index (χ1) is 9.10. The molecule has 0 unspecified atom stereocenters. The van der Waals surface area contributed by atoms with E-state index in [-0.39, 0.29) is 5.95 Å². The summed E-state index contributed by atoms with van der Waals surface area (Å²) in [5.74, 6) is 1.51. The SMILES string of the molecule is COc1ccccc1Sc1nc(N)nc(N(C)C)n1. The number of ether oxygens (including phenoxy) is 1. The number of nitrogen functional groups attached to an aromatic ring is 1. The van der Waals surface area contributed by atoms with E-state index in [1.54, 1.807) is 12.0 Å². The van der Waals surface area contributed by atoms with Gasteiger partial charge in [0.1, 0.15) is 5.75 Å². The number of nitrogens with zero attached hydrogens (tertiary/aromatic N) is 4. The first kappa shape index (κ1) is 13.4. The van der Waals surface area contributed by atoms with Gasteiger partial charge in [0.25, 0.3) is 0 Å². The van der Waals surface area contributed by atoms with E-state index < -0.39 is 0 Å². The van der Waals surface area contributed by atoms with Gasteiger partial charge in [-0.05, 0) is 23.9 Å². The lowest BCUT2D eigenvalue weighted by atomic mass is 10.3. The molecule has 0 amide bonds. The van der Waals surface area contributed by atoms with Crippen LogP contribution in [0.5, 0.6) is 5.75 Å².